The Hall–Kier alpha value is -3.02. The van der Waals surface area contributed by atoms with Crippen LogP contribution in [-0.4, -0.2) is 49.7 Å². The number of esters is 1. The minimum atomic E-state index is -0.634. The smallest absolute Gasteiger partial charge is 0.312 e. The summed E-state index contributed by atoms with van der Waals surface area (Å²) < 4.78 is 16.5. The van der Waals surface area contributed by atoms with Gasteiger partial charge in [-0.3, -0.25) is 9.59 Å². The van der Waals surface area contributed by atoms with Crippen LogP contribution < -0.4 is 9.47 Å². The first kappa shape index (κ1) is 22.7. The lowest BCUT2D eigenvalue weighted by Crippen LogP contribution is -2.51. The predicted molar refractivity (Wildman–Crippen MR) is 118 cm³/mol. The minimum Gasteiger partial charge on any atom is -0.497 e. The van der Waals surface area contributed by atoms with Crippen LogP contribution in [0.25, 0.3) is 0 Å². The summed E-state index contributed by atoms with van der Waals surface area (Å²) in [5.41, 5.74) is 0.416. The predicted octanol–water partition coefficient (Wildman–Crippen LogP) is 3.88. The van der Waals surface area contributed by atoms with Crippen LogP contribution in [-0.2, 0) is 20.7 Å². The van der Waals surface area contributed by atoms with E-state index in [2.05, 4.69) is 0 Å². The summed E-state index contributed by atoms with van der Waals surface area (Å²) in [7, 11) is 1.63. The number of likely N-dealkylation sites (tertiary alicyclic amines) is 1. The van der Waals surface area contributed by atoms with Crippen LogP contribution in [0.15, 0.2) is 54.6 Å². The van der Waals surface area contributed by atoms with Gasteiger partial charge >= 0.3 is 5.97 Å². The normalized spacial score (nSPS) is 16.3. The molecule has 0 N–H and O–H groups in total. The molecule has 6 heteroatoms. The summed E-state index contributed by atoms with van der Waals surface area (Å²) in [6.07, 6.45) is 1.11. The van der Waals surface area contributed by atoms with Gasteiger partial charge < -0.3 is 19.1 Å². The topological polar surface area (TPSA) is 65.1 Å². The van der Waals surface area contributed by atoms with Gasteiger partial charge in [-0.2, -0.15) is 0 Å². The zero-order valence-electron chi connectivity index (χ0n) is 18.5. The molecule has 2 aromatic rings. The van der Waals surface area contributed by atoms with Crippen molar-refractivity contribution in [3.63, 3.8) is 0 Å². The van der Waals surface area contributed by atoms with Crippen molar-refractivity contribution in [2.24, 2.45) is 5.41 Å². The highest BCUT2D eigenvalue weighted by molar-refractivity contribution is 5.82. The van der Waals surface area contributed by atoms with Gasteiger partial charge in [0.15, 0.2) is 6.10 Å². The van der Waals surface area contributed by atoms with Crippen LogP contribution in [0.3, 0.4) is 0 Å². The number of benzene rings is 2. The van der Waals surface area contributed by atoms with Gasteiger partial charge in [0.25, 0.3) is 5.91 Å². The molecule has 1 heterocycles. The van der Waals surface area contributed by atoms with Gasteiger partial charge in [-0.05, 0) is 62.9 Å². The third-order valence-electron chi connectivity index (χ3n) is 5.85. The molecule has 3 rings (SSSR count). The second-order valence-corrected chi connectivity index (χ2v) is 7.92. The highest BCUT2D eigenvalue weighted by Crippen LogP contribution is 2.37. The number of piperidine rings is 1. The van der Waals surface area contributed by atoms with Crippen LogP contribution in [0.1, 0.15) is 32.3 Å². The van der Waals surface area contributed by atoms with Crippen molar-refractivity contribution >= 4 is 11.9 Å². The van der Waals surface area contributed by atoms with Gasteiger partial charge in [0, 0.05) is 13.1 Å². The molecule has 0 bridgehead atoms. The molecule has 0 radical (unpaired) electrons. The summed E-state index contributed by atoms with van der Waals surface area (Å²) in [4.78, 5) is 27.6. The number of para-hydroxylation sites is 1. The first-order chi connectivity index (χ1) is 15.0. The number of rotatable bonds is 8. The number of hydrogen-bond acceptors (Lipinski definition) is 5. The van der Waals surface area contributed by atoms with E-state index in [0.29, 0.717) is 44.7 Å². The van der Waals surface area contributed by atoms with E-state index < -0.39 is 11.5 Å². The number of carbonyl (C=O) groups excluding carboxylic acids is 2. The molecule has 2 aromatic carbocycles. The first-order valence-electron chi connectivity index (χ1n) is 10.8. The maximum atomic E-state index is 12.9. The fourth-order valence-corrected chi connectivity index (χ4v) is 4.04. The van der Waals surface area contributed by atoms with Crippen LogP contribution in [0, 0.1) is 5.41 Å². The van der Waals surface area contributed by atoms with Gasteiger partial charge in [-0.25, -0.2) is 0 Å². The van der Waals surface area contributed by atoms with Gasteiger partial charge in [-0.1, -0.05) is 30.3 Å². The summed E-state index contributed by atoms with van der Waals surface area (Å²) in [6.45, 7) is 4.92. The van der Waals surface area contributed by atoms with Crippen LogP contribution >= 0.6 is 0 Å². The molecule has 1 amide bonds. The molecule has 166 valence electrons. The number of nitrogens with zero attached hydrogens (tertiary/aromatic N) is 1. The second kappa shape index (κ2) is 10.3. The van der Waals surface area contributed by atoms with Gasteiger partial charge in [0.2, 0.25) is 0 Å². The standard InChI is InChI=1S/C25H31NO5/c1-4-30-24(28)25(18-20-10-12-21(29-3)13-11-20)14-16-26(17-15-25)23(27)19(2)31-22-8-6-5-7-9-22/h5-13,19H,4,14-18H2,1-3H3/t19-/m1/s1. The van der Waals surface area contributed by atoms with E-state index in [1.807, 2.05) is 61.5 Å². The third-order valence-corrected chi connectivity index (χ3v) is 5.85. The van der Waals surface area contributed by atoms with Crippen molar-refractivity contribution in [3.05, 3.63) is 60.2 Å². The van der Waals surface area contributed by atoms with Crippen molar-refractivity contribution in [2.75, 3.05) is 26.8 Å². The van der Waals surface area contributed by atoms with Crippen LogP contribution in [0.4, 0.5) is 0 Å². The molecule has 1 saturated heterocycles. The molecule has 0 aliphatic carbocycles. The lowest BCUT2D eigenvalue weighted by atomic mass is 9.73. The molecular formula is C25H31NO5. The molecule has 1 aliphatic rings. The molecule has 0 aromatic heterocycles. The zero-order chi connectivity index (χ0) is 22.3. The van der Waals surface area contributed by atoms with Crippen molar-refractivity contribution in [1.29, 1.82) is 0 Å². The lowest BCUT2D eigenvalue weighted by Gasteiger charge is -2.40. The maximum absolute atomic E-state index is 12.9. The monoisotopic (exact) mass is 425 g/mol. The average molecular weight is 426 g/mol. The number of amides is 1. The van der Waals surface area contributed by atoms with E-state index in [1.165, 1.54) is 0 Å². The van der Waals surface area contributed by atoms with E-state index in [9.17, 15) is 9.59 Å². The SMILES string of the molecule is CCOC(=O)C1(Cc2ccc(OC)cc2)CCN(C(=O)[C@@H](C)Oc2ccccc2)CC1. The zero-order valence-corrected chi connectivity index (χ0v) is 18.5. The molecule has 0 spiro atoms. The Labute approximate surface area is 184 Å². The highest BCUT2D eigenvalue weighted by Gasteiger charge is 2.44. The van der Waals surface area contributed by atoms with E-state index in [-0.39, 0.29) is 11.9 Å². The van der Waals surface area contributed by atoms with Gasteiger partial charge in [-0.15, -0.1) is 0 Å². The Morgan fingerprint density at radius 2 is 1.65 bits per heavy atom. The fourth-order valence-electron chi connectivity index (χ4n) is 4.04. The number of methoxy groups -OCH3 is 1. The Morgan fingerprint density at radius 3 is 2.23 bits per heavy atom. The summed E-state index contributed by atoms with van der Waals surface area (Å²) >= 11 is 0. The van der Waals surface area contributed by atoms with Crippen LogP contribution in [0.2, 0.25) is 0 Å². The second-order valence-electron chi connectivity index (χ2n) is 7.92. The fraction of sp³-hybridized carbons (Fsp3) is 0.440. The van der Waals surface area contributed by atoms with Crippen LogP contribution in [0.5, 0.6) is 11.5 Å². The minimum absolute atomic E-state index is 0.0641. The average Bonchev–Trinajstić information content (AvgIpc) is 2.80. The molecule has 6 nitrogen and oxygen atoms in total. The number of carbonyl (C=O) groups is 2. The summed E-state index contributed by atoms with van der Waals surface area (Å²) in [5.74, 6) is 1.19. The number of hydrogen-bond donors (Lipinski definition) is 0. The highest BCUT2D eigenvalue weighted by atomic mass is 16.5. The molecular weight excluding hydrogens is 394 g/mol. The Balaban J connectivity index is 1.67. The molecule has 1 aliphatic heterocycles. The van der Waals surface area contributed by atoms with Gasteiger partial charge in [0.05, 0.1) is 19.1 Å². The van der Waals surface area contributed by atoms with E-state index in [0.717, 1.165) is 11.3 Å². The Bertz CT molecular complexity index is 857. The lowest BCUT2D eigenvalue weighted by molar-refractivity contribution is -0.161. The van der Waals surface area contributed by atoms with Crippen molar-refractivity contribution in [1.82, 2.24) is 4.90 Å². The summed E-state index contributed by atoms with van der Waals surface area (Å²) in [6, 6.07) is 17.1. The molecule has 1 fully saturated rings. The Kier molecular flexibility index (Phi) is 7.55. The first-order valence-corrected chi connectivity index (χ1v) is 10.8. The van der Waals surface area contributed by atoms with Crippen molar-refractivity contribution < 1.29 is 23.8 Å². The largest absolute Gasteiger partial charge is 0.497 e. The third kappa shape index (κ3) is 5.57. The van der Waals surface area contributed by atoms with E-state index in [1.54, 1.807) is 18.9 Å². The maximum Gasteiger partial charge on any atom is 0.312 e. The quantitative estimate of drug-likeness (QED) is 0.601. The molecule has 1 atom stereocenters. The molecule has 0 saturated carbocycles. The molecule has 31 heavy (non-hydrogen) atoms. The van der Waals surface area contributed by atoms with Crippen molar-refractivity contribution in [2.45, 2.75) is 39.2 Å². The number of ether oxygens (including phenoxy) is 3. The van der Waals surface area contributed by atoms with Crippen molar-refractivity contribution in [3.8, 4) is 11.5 Å². The van der Waals surface area contributed by atoms with Gasteiger partial charge in [0.1, 0.15) is 11.5 Å². The summed E-state index contributed by atoms with van der Waals surface area (Å²) in [5, 5.41) is 0. The van der Waals surface area contributed by atoms with E-state index >= 15 is 0 Å². The molecule has 0 unspecified atom stereocenters. The van der Waals surface area contributed by atoms with E-state index in [4.69, 9.17) is 14.2 Å². The Morgan fingerprint density at radius 1 is 1.00 bits per heavy atom.